The minimum absolute atomic E-state index is 0.299. The zero-order chi connectivity index (χ0) is 37.6. The van der Waals surface area contributed by atoms with Gasteiger partial charge in [-0.05, 0) is 62.6 Å². The predicted molar refractivity (Wildman–Crippen MR) is 220 cm³/mol. The van der Waals surface area contributed by atoms with E-state index in [0.717, 1.165) is 27.9 Å². The molecular formula is C44H52N3O5PS. The molecule has 5 aromatic rings. The van der Waals surface area contributed by atoms with Gasteiger partial charge in [0, 0.05) is 0 Å². The molecule has 0 saturated carbocycles. The van der Waals surface area contributed by atoms with Crippen LogP contribution in [0, 0.1) is 0 Å². The van der Waals surface area contributed by atoms with Gasteiger partial charge in [0.05, 0.1) is 38.7 Å². The second-order valence-electron chi connectivity index (χ2n) is 13.6. The Bertz CT molecular complexity index is 1840. The van der Waals surface area contributed by atoms with Crippen LogP contribution in [0.2, 0.25) is 0 Å². The summed E-state index contributed by atoms with van der Waals surface area (Å²) in [5, 5.41) is 0. The SMILES string of the molecule is CN(C)P(=Nc1ccccc1)(S[C@@H]1O[C@H](COCc2ccccc2)[C@@H](OCc2ccccc2)[C@H](OCc2ccccc2)[C@H]1OCc1ccccc1)N(C)C. The van der Waals surface area contributed by atoms with Crippen molar-refractivity contribution < 1.29 is 23.7 Å². The van der Waals surface area contributed by atoms with E-state index >= 15 is 0 Å². The Morgan fingerprint density at radius 3 is 1.35 bits per heavy atom. The van der Waals surface area contributed by atoms with Gasteiger partial charge in [0.15, 0.2) is 6.56 Å². The molecule has 0 amide bonds. The van der Waals surface area contributed by atoms with E-state index in [2.05, 4.69) is 86.1 Å². The normalized spacial score (nSPS) is 20.3. The third kappa shape index (κ3) is 11.0. The Morgan fingerprint density at radius 1 is 0.519 bits per heavy atom. The molecular weight excluding hydrogens is 714 g/mol. The van der Waals surface area contributed by atoms with Crippen molar-refractivity contribution in [2.24, 2.45) is 4.74 Å². The highest BCUT2D eigenvalue weighted by atomic mass is 32.7. The highest BCUT2D eigenvalue weighted by molar-refractivity contribution is 8.57. The summed E-state index contributed by atoms with van der Waals surface area (Å²) in [6.45, 7) is -0.595. The van der Waals surface area contributed by atoms with Crippen LogP contribution in [-0.4, -0.2) is 74.0 Å². The average molecular weight is 766 g/mol. The van der Waals surface area contributed by atoms with Crippen LogP contribution in [0.4, 0.5) is 5.69 Å². The molecule has 1 aliphatic rings. The first kappa shape index (κ1) is 40.1. The summed E-state index contributed by atoms with van der Waals surface area (Å²) in [4.78, 5) is 0. The maximum absolute atomic E-state index is 7.22. The highest BCUT2D eigenvalue weighted by Gasteiger charge is 2.51. The quantitative estimate of drug-likeness (QED) is 0.0818. The van der Waals surface area contributed by atoms with E-state index in [1.54, 1.807) is 11.4 Å². The van der Waals surface area contributed by atoms with Crippen LogP contribution >= 0.6 is 17.9 Å². The summed E-state index contributed by atoms with van der Waals surface area (Å²) in [6.07, 6.45) is -2.04. The smallest absolute Gasteiger partial charge is 0.160 e. The molecule has 1 fully saturated rings. The second kappa shape index (κ2) is 20.4. The first-order valence-electron chi connectivity index (χ1n) is 18.4. The van der Waals surface area contributed by atoms with Crippen LogP contribution in [0.15, 0.2) is 156 Å². The number of hydrogen-bond acceptors (Lipinski definition) is 7. The van der Waals surface area contributed by atoms with E-state index in [4.69, 9.17) is 28.4 Å². The van der Waals surface area contributed by atoms with Crippen LogP contribution in [0.1, 0.15) is 22.3 Å². The molecule has 0 unspecified atom stereocenters. The van der Waals surface area contributed by atoms with Crippen molar-refractivity contribution in [3.8, 4) is 0 Å². The van der Waals surface area contributed by atoms with Gasteiger partial charge in [-0.3, -0.25) is 9.34 Å². The van der Waals surface area contributed by atoms with Gasteiger partial charge < -0.3 is 23.7 Å². The topological polar surface area (TPSA) is 65.0 Å². The number of rotatable bonds is 18. The number of ether oxygens (including phenoxy) is 5. The van der Waals surface area contributed by atoms with Crippen molar-refractivity contribution in [2.75, 3.05) is 34.8 Å². The number of nitrogens with zero attached hydrogens (tertiary/aromatic N) is 3. The van der Waals surface area contributed by atoms with Gasteiger partial charge in [-0.25, -0.2) is 4.74 Å². The van der Waals surface area contributed by atoms with Gasteiger partial charge in [0.2, 0.25) is 0 Å². The molecule has 0 aliphatic carbocycles. The fraction of sp³-hybridized carbons (Fsp3) is 0.318. The van der Waals surface area contributed by atoms with Gasteiger partial charge in [0.1, 0.15) is 29.9 Å². The van der Waals surface area contributed by atoms with Crippen molar-refractivity contribution in [1.29, 1.82) is 0 Å². The molecule has 10 heteroatoms. The summed E-state index contributed by atoms with van der Waals surface area (Å²) in [5.74, 6) is 0. The summed E-state index contributed by atoms with van der Waals surface area (Å²) < 4.78 is 44.5. The minimum atomic E-state index is -2.48. The van der Waals surface area contributed by atoms with Gasteiger partial charge in [-0.2, -0.15) is 0 Å². The molecule has 5 atom stereocenters. The lowest BCUT2D eigenvalue weighted by Crippen LogP contribution is -2.60. The van der Waals surface area contributed by atoms with Crippen molar-refractivity contribution in [3.63, 3.8) is 0 Å². The molecule has 6 rings (SSSR count). The van der Waals surface area contributed by atoms with Crippen LogP contribution < -0.4 is 0 Å². The lowest BCUT2D eigenvalue weighted by molar-refractivity contribution is -0.254. The third-order valence-electron chi connectivity index (χ3n) is 9.13. The average Bonchev–Trinajstić information content (AvgIpc) is 3.20. The molecule has 0 aromatic heterocycles. The third-order valence-corrected chi connectivity index (χ3v) is 16.3. The van der Waals surface area contributed by atoms with E-state index in [1.165, 1.54) is 0 Å². The zero-order valence-electron chi connectivity index (χ0n) is 31.6. The van der Waals surface area contributed by atoms with Crippen LogP contribution in [-0.2, 0) is 50.1 Å². The van der Waals surface area contributed by atoms with Crippen molar-refractivity contribution >= 4 is 23.6 Å². The number of benzene rings is 5. The molecule has 0 bridgehead atoms. The predicted octanol–water partition coefficient (Wildman–Crippen LogP) is 9.82. The van der Waals surface area contributed by atoms with Crippen LogP contribution in [0.3, 0.4) is 0 Å². The Kier molecular flexibility index (Phi) is 15.1. The van der Waals surface area contributed by atoms with Gasteiger partial charge >= 0.3 is 0 Å². The summed E-state index contributed by atoms with van der Waals surface area (Å²) in [6, 6.07) is 51.1. The first-order chi connectivity index (χ1) is 26.4. The molecule has 0 radical (unpaired) electrons. The van der Waals surface area contributed by atoms with Crippen LogP contribution in [0.25, 0.3) is 0 Å². The maximum atomic E-state index is 7.22. The molecule has 1 aliphatic heterocycles. The highest BCUT2D eigenvalue weighted by Crippen LogP contribution is 2.68. The molecule has 1 saturated heterocycles. The van der Waals surface area contributed by atoms with Gasteiger partial charge in [-0.1, -0.05) is 151 Å². The molecule has 1 heterocycles. The van der Waals surface area contributed by atoms with Gasteiger partial charge in [-0.15, -0.1) is 0 Å². The molecule has 54 heavy (non-hydrogen) atoms. The fourth-order valence-electron chi connectivity index (χ4n) is 6.37. The number of hydrogen-bond donors (Lipinski definition) is 0. The molecule has 0 spiro atoms. The maximum Gasteiger partial charge on any atom is 0.160 e. The standard InChI is InChI=1S/C44H52N3O5PS/c1-46(2)53(47(3)4,45-39-28-18-9-19-29-39)54-44-43(51-33-38-26-16-8-17-27-38)42(50-32-37-24-14-7-15-25-37)41(49-31-36-22-12-6-13-23-36)40(52-44)34-48-30-35-20-10-5-11-21-35/h5-29,40-44H,30-34H2,1-4H3/t40-,41-,42+,43-,44+/m1/s1. The lowest BCUT2D eigenvalue weighted by Gasteiger charge is -2.48. The van der Waals surface area contributed by atoms with E-state index in [1.807, 2.05) is 103 Å². The second-order valence-corrected chi connectivity index (χ2v) is 19.2. The molecule has 5 aromatic carbocycles. The lowest BCUT2D eigenvalue weighted by atomic mass is 9.98. The molecule has 8 nitrogen and oxygen atoms in total. The van der Waals surface area contributed by atoms with Crippen molar-refractivity contribution in [1.82, 2.24) is 9.34 Å². The van der Waals surface area contributed by atoms with Gasteiger partial charge in [0.25, 0.3) is 0 Å². The van der Waals surface area contributed by atoms with E-state index in [0.29, 0.717) is 33.0 Å². The molecule has 0 N–H and O–H groups in total. The van der Waals surface area contributed by atoms with E-state index < -0.39 is 36.4 Å². The largest absolute Gasteiger partial charge is 0.374 e. The van der Waals surface area contributed by atoms with Crippen LogP contribution in [0.5, 0.6) is 0 Å². The van der Waals surface area contributed by atoms with E-state index in [-0.39, 0.29) is 0 Å². The fourth-order valence-corrected chi connectivity index (χ4v) is 12.0. The molecule has 284 valence electrons. The summed E-state index contributed by atoms with van der Waals surface area (Å²) in [7, 11) is 8.36. The monoisotopic (exact) mass is 765 g/mol. The van der Waals surface area contributed by atoms with Crippen molar-refractivity contribution in [2.45, 2.75) is 56.3 Å². The Labute approximate surface area is 325 Å². The van der Waals surface area contributed by atoms with E-state index in [9.17, 15) is 0 Å². The van der Waals surface area contributed by atoms with Crippen molar-refractivity contribution in [3.05, 3.63) is 174 Å². The Morgan fingerprint density at radius 2 is 0.907 bits per heavy atom. The summed E-state index contributed by atoms with van der Waals surface area (Å²) in [5.41, 5.74) is 4.69. The minimum Gasteiger partial charge on any atom is -0.374 e. The summed E-state index contributed by atoms with van der Waals surface area (Å²) >= 11 is 1.70. The first-order valence-corrected chi connectivity index (χ1v) is 21.5. The Balaban J connectivity index is 1.41. The zero-order valence-corrected chi connectivity index (χ0v) is 33.3. The Hall–Kier alpha value is -3.60.